The van der Waals surface area contributed by atoms with Gasteiger partial charge in [-0.25, -0.2) is 4.98 Å². The fourth-order valence-corrected chi connectivity index (χ4v) is 2.38. The Hall–Kier alpha value is -1.60. The van der Waals surface area contributed by atoms with Crippen LogP contribution in [-0.2, 0) is 12.6 Å². The fourth-order valence-electron chi connectivity index (χ4n) is 1.86. The van der Waals surface area contributed by atoms with Gasteiger partial charge >= 0.3 is 6.18 Å². The van der Waals surface area contributed by atoms with Crippen molar-refractivity contribution in [3.8, 4) is 0 Å². The smallest absolute Gasteiger partial charge is 0.352 e. The maximum atomic E-state index is 12.5. The second-order valence-corrected chi connectivity index (χ2v) is 5.97. The lowest BCUT2D eigenvalue weighted by molar-refractivity contribution is -0.137. The van der Waals surface area contributed by atoms with Crippen LogP contribution in [0, 0.1) is 0 Å². The van der Waals surface area contributed by atoms with Crippen molar-refractivity contribution in [1.29, 1.82) is 0 Å². The standard InChI is InChI=1S/C15H11BrClF3N2O/c16-11-7-12(13(17)22-8-11)14(23)21-6-5-9-1-3-10(4-2-9)15(18,19)20/h1-4,7-8H,5-6H2,(H,21,23). The first-order valence-corrected chi connectivity index (χ1v) is 7.70. The lowest BCUT2D eigenvalue weighted by Crippen LogP contribution is -2.26. The van der Waals surface area contributed by atoms with Crippen LogP contribution in [0.1, 0.15) is 21.5 Å². The van der Waals surface area contributed by atoms with Crippen LogP contribution in [0.3, 0.4) is 0 Å². The predicted molar refractivity (Wildman–Crippen MR) is 84.4 cm³/mol. The van der Waals surface area contributed by atoms with Gasteiger partial charge in [-0.2, -0.15) is 13.2 Å². The number of nitrogens with one attached hydrogen (secondary N) is 1. The highest BCUT2D eigenvalue weighted by Crippen LogP contribution is 2.29. The Kier molecular flexibility index (Phi) is 5.64. The molecule has 0 radical (unpaired) electrons. The van der Waals surface area contributed by atoms with E-state index in [2.05, 4.69) is 26.2 Å². The van der Waals surface area contributed by atoms with E-state index >= 15 is 0 Å². The quantitative estimate of drug-likeness (QED) is 0.759. The lowest BCUT2D eigenvalue weighted by atomic mass is 10.1. The molecule has 0 unspecified atom stereocenters. The van der Waals surface area contributed by atoms with E-state index in [1.165, 1.54) is 18.3 Å². The first-order valence-electron chi connectivity index (χ1n) is 6.53. The van der Waals surface area contributed by atoms with E-state index in [1.807, 2.05) is 0 Å². The normalized spacial score (nSPS) is 11.3. The van der Waals surface area contributed by atoms with Crippen molar-refractivity contribution < 1.29 is 18.0 Å². The summed E-state index contributed by atoms with van der Waals surface area (Å²) >= 11 is 9.05. The zero-order valence-corrected chi connectivity index (χ0v) is 14.0. The van der Waals surface area contributed by atoms with Crippen molar-refractivity contribution in [2.75, 3.05) is 6.54 Å². The number of alkyl halides is 3. The summed E-state index contributed by atoms with van der Waals surface area (Å²) in [6, 6.07) is 6.37. The molecule has 0 aliphatic rings. The molecule has 1 aromatic carbocycles. The number of amides is 1. The van der Waals surface area contributed by atoms with Crippen molar-refractivity contribution >= 4 is 33.4 Å². The first kappa shape index (κ1) is 17.7. The Morgan fingerprint density at radius 3 is 2.52 bits per heavy atom. The second-order valence-electron chi connectivity index (χ2n) is 4.69. The lowest BCUT2D eigenvalue weighted by Gasteiger charge is -2.09. The van der Waals surface area contributed by atoms with Crippen molar-refractivity contribution in [1.82, 2.24) is 10.3 Å². The van der Waals surface area contributed by atoms with E-state index in [4.69, 9.17) is 11.6 Å². The summed E-state index contributed by atoms with van der Waals surface area (Å²) < 4.78 is 38.0. The van der Waals surface area contributed by atoms with Crippen LogP contribution in [0.15, 0.2) is 41.0 Å². The molecule has 23 heavy (non-hydrogen) atoms. The van der Waals surface area contributed by atoms with Crippen LogP contribution < -0.4 is 5.32 Å². The third-order valence-electron chi connectivity index (χ3n) is 3.03. The van der Waals surface area contributed by atoms with Crippen molar-refractivity contribution in [3.63, 3.8) is 0 Å². The van der Waals surface area contributed by atoms with Crippen molar-refractivity contribution in [3.05, 3.63) is 62.8 Å². The largest absolute Gasteiger partial charge is 0.416 e. The zero-order valence-electron chi connectivity index (χ0n) is 11.6. The minimum atomic E-state index is -4.35. The Balaban J connectivity index is 1.92. The molecule has 0 fully saturated rings. The SMILES string of the molecule is O=C(NCCc1ccc(C(F)(F)F)cc1)c1cc(Br)cnc1Cl. The molecule has 1 heterocycles. The van der Waals surface area contributed by atoms with E-state index in [0.717, 1.165) is 12.1 Å². The van der Waals surface area contributed by atoms with E-state index in [1.54, 1.807) is 6.07 Å². The molecule has 0 aliphatic heterocycles. The summed E-state index contributed by atoms with van der Waals surface area (Å²) in [5.41, 5.74) is 0.225. The highest BCUT2D eigenvalue weighted by atomic mass is 79.9. The number of pyridine rings is 1. The molecule has 1 amide bonds. The second kappa shape index (κ2) is 7.31. The van der Waals surface area contributed by atoms with Gasteiger partial charge in [-0.05, 0) is 46.1 Å². The van der Waals surface area contributed by atoms with Crippen LogP contribution in [0.2, 0.25) is 5.15 Å². The topological polar surface area (TPSA) is 42.0 Å². The third-order valence-corrected chi connectivity index (χ3v) is 3.77. The average Bonchev–Trinajstić information content (AvgIpc) is 2.49. The number of carbonyl (C=O) groups is 1. The highest BCUT2D eigenvalue weighted by Gasteiger charge is 2.29. The number of hydrogen-bond acceptors (Lipinski definition) is 2. The highest BCUT2D eigenvalue weighted by molar-refractivity contribution is 9.10. The fraction of sp³-hybridized carbons (Fsp3) is 0.200. The molecule has 1 aromatic heterocycles. The van der Waals surface area contributed by atoms with Crippen LogP contribution in [-0.4, -0.2) is 17.4 Å². The summed E-state index contributed by atoms with van der Waals surface area (Å²) in [4.78, 5) is 15.8. The molecule has 2 rings (SSSR count). The van der Waals surface area contributed by atoms with Gasteiger partial charge in [0, 0.05) is 17.2 Å². The third kappa shape index (κ3) is 4.94. The molecule has 2 aromatic rings. The van der Waals surface area contributed by atoms with E-state index in [0.29, 0.717) is 16.5 Å². The van der Waals surface area contributed by atoms with Gasteiger partial charge in [0.1, 0.15) is 5.15 Å². The number of rotatable bonds is 4. The molecule has 3 nitrogen and oxygen atoms in total. The number of aromatic nitrogens is 1. The van der Waals surface area contributed by atoms with Gasteiger partial charge < -0.3 is 5.32 Å². The molecule has 0 saturated heterocycles. The molecule has 0 aliphatic carbocycles. The minimum Gasteiger partial charge on any atom is -0.352 e. The number of halogens is 5. The number of hydrogen-bond donors (Lipinski definition) is 1. The number of nitrogens with zero attached hydrogens (tertiary/aromatic N) is 1. The maximum absolute atomic E-state index is 12.5. The first-order chi connectivity index (χ1) is 10.8. The molecule has 0 spiro atoms. The molecular weight excluding hydrogens is 397 g/mol. The summed E-state index contributed by atoms with van der Waals surface area (Å²) in [6.45, 7) is 0.271. The summed E-state index contributed by atoms with van der Waals surface area (Å²) in [7, 11) is 0. The van der Waals surface area contributed by atoms with Gasteiger partial charge in [-0.3, -0.25) is 4.79 Å². The molecule has 122 valence electrons. The molecular formula is C15H11BrClF3N2O. The molecule has 0 saturated carbocycles. The van der Waals surface area contributed by atoms with E-state index < -0.39 is 17.6 Å². The van der Waals surface area contributed by atoms with Gasteiger partial charge in [0.05, 0.1) is 11.1 Å². The van der Waals surface area contributed by atoms with Crippen LogP contribution >= 0.6 is 27.5 Å². The summed E-state index contributed by atoms with van der Waals surface area (Å²) in [6.07, 6.45) is -2.47. The van der Waals surface area contributed by atoms with Crippen LogP contribution in [0.5, 0.6) is 0 Å². The predicted octanol–water partition coefficient (Wildman–Crippen LogP) is 4.49. The summed E-state index contributed by atoms with van der Waals surface area (Å²) in [5, 5.41) is 2.74. The van der Waals surface area contributed by atoms with Gasteiger partial charge in [0.25, 0.3) is 5.91 Å². The van der Waals surface area contributed by atoms with Crippen LogP contribution in [0.4, 0.5) is 13.2 Å². The van der Waals surface area contributed by atoms with Gasteiger partial charge in [0.15, 0.2) is 0 Å². The van der Waals surface area contributed by atoms with Crippen molar-refractivity contribution in [2.45, 2.75) is 12.6 Å². The molecule has 0 atom stereocenters. The zero-order chi connectivity index (χ0) is 17.0. The molecule has 1 N–H and O–H groups in total. The van der Waals surface area contributed by atoms with Gasteiger partial charge in [-0.1, -0.05) is 23.7 Å². The van der Waals surface area contributed by atoms with Gasteiger partial charge in [0.2, 0.25) is 0 Å². The Labute approximate surface area is 144 Å². The number of carbonyl (C=O) groups excluding carboxylic acids is 1. The van der Waals surface area contributed by atoms with Crippen molar-refractivity contribution in [2.24, 2.45) is 0 Å². The molecule has 0 bridgehead atoms. The van der Waals surface area contributed by atoms with E-state index in [9.17, 15) is 18.0 Å². The Bertz CT molecular complexity index is 705. The molecule has 8 heteroatoms. The summed E-state index contributed by atoms with van der Waals surface area (Å²) in [5.74, 6) is -0.393. The Morgan fingerprint density at radius 2 is 1.91 bits per heavy atom. The van der Waals surface area contributed by atoms with Gasteiger partial charge in [-0.15, -0.1) is 0 Å². The van der Waals surface area contributed by atoms with E-state index in [-0.39, 0.29) is 17.3 Å². The Morgan fingerprint density at radius 1 is 1.26 bits per heavy atom. The minimum absolute atomic E-state index is 0.0835. The maximum Gasteiger partial charge on any atom is 0.416 e. The number of benzene rings is 1. The average molecular weight is 408 g/mol. The van der Waals surface area contributed by atoms with Crippen LogP contribution in [0.25, 0.3) is 0 Å². The monoisotopic (exact) mass is 406 g/mol.